The van der Waals surface area contributed by atoms with E-state index in [9.17, 15) is 14.9 Å². The molecule has 16 heavy (non-hydrogen) atoms. The Balaban J connectivity index is 2.23. The van der Waals surface area contributed by atoms with E-state index in [0.29, 0.717) is 12.8 Å². The molecule has 0 amide bonds. The molecule has 1 saturated carbocycles. The highest BCUT2D eigenvalue weighted by molar-refractivity contribution is 6.17. The monoisotopic (exact) mass is 251 g/mol. The van der Waals surface area contributed by atoms with Crippen molar-refractivity contribution in [2.45, 2.75) is 25.7 Å². The molecule has 0 aromatic rings. The third kappa shape index (κ3) is 4.22. The number of carbonyl (C=O) groups excluding carboxylic acids is 1. The van der Waals surface area contributed by atoms with Crippen LogP contribution in [0.2, 0.25) is 0 Å². The van der Waals surface area contributed by atoms with Crippen LogP contribution in [0, 0.1) is 22.0 Å². The van der Waals surface area contributed by atoms with Crippen LogP contribution in [0.1, 0.15) is 25.7 Å². The lowest BCUT2D eigenvalue weighted by Gasteiger charge is -2.26. The third-order valence-electron chi connectivity index (χ3n) is 2.79. The fourth-order valence-corrected chi connectivity index (χ4v) is 2.01. The number of esters is 1. The first-order chi connectivity index (χ1) is 7.63. The molecule has 0 N–H and O–H groups in total. The summed E-state index contributed by atoms with van der Waals surface area (Å²) in [5, 5.41) is 9.21. The second-order valence-corrected chi connectivity index (χ2v) is 4.03. The summed E-state index contributed by atoms with van der Waals surface area (Å²) in [5.41, 5.74) is 0. The highest BCUT2D eigenvalue weighted by atomic mass is 35.5. The zero-order valence-electron chi connectivity index (χ0n) is 8.76. The number of hydrogen-bond donors (Lipinski definition) is 0. The lowest BCUT2D eigenvalue weighted by molar-refractivity contribution is -0.759. The molecule has 0 unspecified atom stereocenters. The third-order valence-corrected chi connectivity index (χ3v) is 2.90. The van der Waals surface area contributed by atoms with E-state index in [2.05, 4.69) is 4.84 Å². The van der Waals surface area contributed by atoms with Crippen molar-refractivity contribution in [1.82, 2.24) is 0 Å². The fourth-order valence-electron chi connectivity index (χ4n) is 1.90. The van der Waals surface area contributed by atoms with Crippen molar-refractivity contribution >= 4 is 17.6 Å². The van der Waals surface area contributed by atoms with Gasteiger partial charge in [-0.25, -0.2) is 0 Å². The molecule has 1 fully saturated rings. The first-order valence-corrected chi connectivity index (χ1v) is 5.67. The van der Waals surface area contributed by atoms with Gasteiger partial charge in [-0.05, 0) is 31.6 Å². The van der Waals surface area contributed by atoms with Crippen LogP contribution in [0.5, 0.6) is 0 Å². The minimum Gasteiger partial charge on any atom is -0.449 e. The summed E-state index contributed by atoms with van der Waals surface area (Å²) in [6.07, 6.45) is 2.86. The second kappa shape index (κ2) is 6.52. The summed E-state index contributed by atoms with van der Waals surface area (Å²) in [5.74, 6) is -0.236. The highest BCUT2D eigenvalue weighted by Gasteiger charge is 2.27. The van der Waals surface area contributed by atoms with Crippen LogP contribution in [0.25, 0.3) is 0 Å². The van der Waals surface area contributed by atoms with Gasteiger partial charge >= 0.3 is 5.97 Å². The SMILES string of the molecule is O=C(OCCl)C1CCC(CO[N+](=O)[O-])CC1. The van der Waals surface area contributed by atoms with E-state index in [4.69, 9.17) is 16.3 Å². The average molecular weight is 252 g/mol. The van der Waals surface area contributed by atoms with Crippen molar-refractivity contribution in [2.24, 2.45) is 11.8 Å². The molecule has 1 rings (SSSR count). The summed E-state index contributed by atoms with van der Waals surface area (Å²) in [7, 11) is 0. The molecule has 0 atom stereocenters. The fraction of sp³-hybridized carbons (Fsp3) is 0.889. The second-order valence-electron chi connectivity index (χ2n) is 3.81. The molecule has 0 heterocycles. The van der Waals surface area contributed by atoms with Gasteiger partial charge in [-0.3, -0.25) is 4.79 Å². The van der Waals surface area contributed by atoms with Crippen LogP contribution < -0.4 is 0 Å². The van der Waals surface area contributed by atoms with E-state index in [0.717, 1.165) is 12.8 Å². The van der Waals surface area contributed by atoms with E-state index >= 15 is 0 Å². The molecule has 0 saturated heterocycles. The van der Waals surface area contributed by atoms with Crippen molar-refractivity contribution < 1.29 is 19.5 Å². The average Bonchev–Trinajstić information content (AvgIpc) is 2.27. The maximum absolute atomic E-state index is 11.3. The largest absolute Gasteiger partial charge is 0.449 e. The Morgan fingerprint density at radius 2 is 2.00 bits per heavy atom. The molecule has 1 aliphatic rings. The van der Waals surface area contributed by atoms with Gasteiger partial charge < -0.3 is 9.57 Å². The molecule has 0 aromatic carbocycles. The van der Waals surface area contributed by atoms with Crippen molar-refractivity contribution in [2.75, 3.05) is 12.7 Å². The Kier molecular flexibility index (Phi) is 5.31. The number of rotatable bonds is 5. The van der Waals surface area contributed by atoms with Crippen LogP contribution in [0.4, 0.5) is 0 Å². The molecule has 7 heteroatoms. The number of alkyl halides is 1. The topological polar surface area (TPSA) is 78.7 Å². The number of hydrogen-bond acceptors (Lipinski definition) is 5. The lowest BCUT2D eigenvalue weighted by atomic mass is 9.82. The zero-order valence-corrected chi connectivity index (χ0v) is 9.52. The molecule has 0 aliphatic heterocycles. The van der Waals surface area contributed by atoms with E-state index in [1.54, 1.807) is 0 Å². The summed E-state index contributed by atoms with van der Waals surface area (Å²) < 4.78 is 4.70. The molecular formula is C9H14ClNO5. The van der Waals surface area contributed by atoms with Crippen LogP contribution in [-0.4, -0.2) is 23.7 Å². The van der Waals surface area contributed by atoms with Gasteiger partial charge in [0, 0.05) is 0 Å². The highest BCUT2D eigenvalue weighted by Crippen LogP contribution is 2.29. The van der Waals surface area contributed by atoms with Gasteiger partial charge in [0.05, 0.1) is 12.5 Å². The Labute approximate surface area is 98.0 Å². The lowest BCUT2D eigenvalue weighted by Crippen LogP contribution is -2.26. The summed E-state index contributed by atoms with van der Waals surface area (Å²) in [6, 6.07) is -0.122. The molecule has 0 radical (unpaired) electrons. The van der Waals surface area contributed by atoms with E-state index in [1.807, 2.05) is 0 Å². The van der Waals surface area contributed by atoms with Gasteiger partial charge in [0.2, 0.25) is 0 Å². The van der Waals surface area contributed by atoms with Crippen LogP contribution in [0.15, 0.2) is 0 Å². The first kappa shape index (κ1) is 13.0. The minimum absolute atomic E-state index is 0.115. The summed E-state index contributed by atoms with van der Waals surface area (Å²) >= 11 is 5.29. The van der Waals surface area contributed by atoms with Crippen molar-refractivity contribution in [1.29, 1.82) is 0 Å². The molecule has 0 aromatic heterocycles. The van der Waals surface area contributed by atoms with E-state index in [1.165, 1.54) is 0 Å². The number of ether oxygens (including phenoxy) is 1. The predicted molar refractivity (Wildman–Crippen MR) is 55.2 cm³/mol. The molecular weight excluding hydrogens is 238 g/mol. The number of carbonyl (C=O) groups is 1. The van der Waals surface area contributed by atoms with Crippen molar-refractivity contribution in [3.63, 3.8) is 0 Å². The molecule has 0 bridgehead atoms. The maximum Gasteiger partial charge on any atom is 0.310 e. The van der Waals surface area contributed by atoms with Crippen LogP contribution >= 0.6 is 11.6 Å². The van der Waals surface area contributed by atoms with Gasteiger partial charge in [0.1, 0.15) is 0 Å². The predicted octanol–water partition coefficient (Wildman–Crippen LogP) is 1.74. The summed E-state index contributed by atoms with van der Waals surface area (Å²) in [4.78, 5) is 25.6. The Morgan fingerprint density at radius 3 is 2.50 bits per heavy atom. The Morgan fingerprint density at radius 1 is 1.38 bits per heavy atom. The van der Waals surface area contributed by atoms with Gasteiger partial charge in [0.25, 0.3) is 5.09 Å². The van der Waals surface area contributed by atoms with Crippen LogP contribution in [-0.2, 0) is 14.4 Å². The molecule has 6 nitrogen and oxygen atoms in total. The maximum atomic E-state index is 11.3. The zero-order chi connectivity index (χ0) is 12.0. The Bertz CT molecular complexity index is 252. The first-order valence-electron chi connectivity index (χ1n) is 5.13. The standard InChI is InChI=1S/C9H14ClNO5/c10-6-15-9(12)8-3-1-7(2-4-8)5-16-11(13)14/h7-8H,1-6H2. The van der Waals surface area contributed by atoms with Crippen molar-refractivity contribution in [3.05, 3.63) is 10.1 Å². The van der Waals surface area contributed by atoms with Gasteiger partial charge in [0.15, 0.2) is 6.07 Å². The Hall–Kier alpha value is -1.04. The minimum atomic E-state index is -0.784. The number of nitrogens with zero attached hydrogens (tertiary/aromatic N) is 1. The molecule has 92 valence electrons. The molecule has 0 spiro atoms. The van der Waals surface area contributed by atoms with E-state index in [-0.39, 0.29) is 30.5 Å². The van der Waals surface area contributed by atoms with Gasteiger partial charge in [-0.15, -0.1) is 10.1 Å². The van der Waals surface area contributed by atoms with Crippen molar-refractivity contribution in [3.8, 4) is 0 Å². The number of halogens is 1. The quantitative estimate of drug-likeness (QED) is 0.322. The van der Waals surface area contributed by atoms with E-state index < -0.39 is 5.09 Å². The van der Waals surface area contributed by atoms with Gasteiger partial charge in [-0.1, -0.05) is 11.6 Å². The van der Waals surface area contributed by atoms with Crippen LogP contribution in [0.3, 0.4) is 0 Å². The van der Waals surface area contributed by atoms with Gasteiger partial charge in [-0.2, -0.15) is 0 Å². The normalized spacial score (nSPS) is 24.8. The summed E-state index contributed by atoms with van der Waals surface area (Å²) in [6.45, 7) is 0.115. The molecule has 1 aliphatic carbocycles. The smallest absolute Gasteiger partial charge is 0.310 e.